The molecule has 0 aromatic heterocycles. The second-order valence-corrected chi connectivity index (χ2v) is 9.01. The second kappa shape index (κ2) is 8.13. The predicted molar refractivity (Wildman–Crippen MR) is 105 cm³/mol. The molecule has 1 aliphatic heterocycles. The summed E-state index contributed by atoms with van der Waals surface area (Å²) >= 11 is 0. The number of carbonyl (C=O) groups excluding carboxylic acids is 1. The summed E-state index contributed by atoms with van der Waals surface area (Å²) in [4.78, 5) is 14.8. The quantitative estimate of drug-likeness (QED) is 0.761. The third kappa shape index (κ3) is 4.50. The van der Waals surface area contributed by atoms with Crippen LogP contribution in [0.4, 0.5) is 0 Å². The van der Waals surface area contributed by atoms with E-state index in [0.717, 1.165) is 29.7 Å². The van der Waals surface area contributed by atoms with E-state index in [4.69, 9.17) is 4.74 Å². The highest BCUT2D eigenvalue weighted by molar-refractivity contribution is 7.91. The van der Waals surface area contributed by atoms with Crippen LogP contribution in [0.15, 0.2) is 53.4 Å². The third-order valence-corrected chi connectivity index (χ3v) is 6.77. The van der Waals surface area contributed by atoms with Crippen LogP contribution >= 0.6 is 0 Å². The zero-order valence-electron chi connectivity index (χ0n) is 15.7. The molecule has 1 amide bonds. The van der Waals surface area contributed by atoms with E-state index in [9.17, 15) is 13.2 Å². The van der Waals surface area contributed by atoms with Crippen molar-refractivity contribution in [2.24, 2.45) is 0 Å². The van der Waals surface area contributed by atoms with E-state index >= 15 is 0 Å². The summed E-state index contributed by atoms with van der Waals surface area (Å²) in [6.07, 6.45) is 1.82. The van der Waals surface area contributed by atoms with Crippen LogP contribution in [0.25, 0.3) is 0 Å². The van der Waals surface area contributed by atoms with E-state index < -0.39 is 9.84 Å². The molecule has 144 valence electrons. The van der Waals surface area contributed by atoms with Crippen LogP contribution in [0.5, 0.6) is 5.75 Å². The van der Waals surface area contributed by atoms with Crippen molar-refractivity contribution in [2.75, 3.05) is 19.4 Å². The van der Waals surface area contributed by atoms with Crippen LogP contribution in [-0.2, 0) is 14.6 Å². The SMILES string of the molecule is COc1ccc(C2CCCN2C(=O)CCS(=O)(=O)c2ccc(C)cc2)cc1. The first-order valence-electron chi connectivity index (χ1n) is 9.13. The number of rotatable bonds is 6. The summed E-state index contributed by atoms with van der Waals surface area (Å²) in [5, 5.41) is 0. The van der Waals surface area contributed by atoms with Gasteiger partial charge in [-0.3, -0.25) is 4.79 Å². The van der Waals surface area contributed by atoms with Crippen LogP contribution < -0.4 is 4.74 Å². The van der Waals surface area contributed by atoms with Crippen molar-refractivity contribution in [2.45, 2.75) is 37.1 Å². The summed E-state index contributed by atoms with van der Waals surface area (Å²) in [5.74, 6) is 0.503. The molecule has 3 rings (SSSR count). The van der Waals surface area contributed by atoms with Gasteiger partial charge < -0.3 is 9.64 Å². The standard InChI is InChI=1S/C21H25NO4S/c1-16-5-11-19(12-6-16)27(24,25)15-13-21(23)22-14-3-4-20(22)17-7-9-18(26-2)10-8-17/h5-12,20H,3-4,13-15H2,1-2H3. The Balaban J connectivity index is 1.66. The number of likely N-dealkylation sites (tertiary alicyclic amines) is 1. The molecule has 2 aromatic rings. The number of sulfone groups is 1. The zero-order valence-corrected chi connectivity index (χ0v) is 16.5. The molecule has 6 heteroatoms. The molecule has 1 aliphatic rings. The number of methoxy groups -OCH3 is 1. The minimum Gasteiger partial charge on any atom is -0.497 e. The van der Waals surface area contributed by atoms with Crippen LogP contribution in [-0.4, -0.2) is 38.6 Å². The topological polar surface area (TPSA) is 63.7 Å². The molecule has 2 aromatic carbocycles. The molecule has 1 heterocycles. The third-order valence-electron chi connectivity index (χ3n) is 5.04. The summed E-state index contributed by atoms with van der Waals surface area (Å²) in [7, 11) is -1.84. The Bertz CT molecular complexity index is 889. The fraction of sp³-hybridized carbons (Fsp3) is 0.381. The molecule has 5 nitrogen and oxygen atoms in total. The molecule has 0 spiro atoms. The lowest BCUT2D eigenvalue weighted by molar-refractivity contribution is -0.131. The number of ether oxygens (including phenoxy) is 1. The molecule has 0 bridgehead atoms. The fourth-order valence-electron chi connectivity index (χ4n) is 3.47. The van der Waals surface area contributed by atoms with Crippen molar-refractivity contribution in [3.05, 3.63) is 59.7 Å². The molecular weight excluding hydrogens is 362 g/mol. The highest BCUT2D eigenvalue weighted by Crippen LogP contribution is 2.33. The van der Waals surface area contributed by atoms with Gasteiger partial charge in [0.05, 0.1) is 23.8 Å². The van der Waals surface area contributed by atoms with Crippen LogP contribution in [0.3, 0.4) is 0 Å². The molecule has 0 aliphatic carbocycles. The molecule has 1 fully saturated rings. The van der Waals surface area contributed by atoms with Crippen molar-refractivity contribution in [1.29, 1.82) is 0 Å². The van der Waals surface area contributed by atoms with Gasteiger partial charge >= 0.3 is 0 Å². The Morgan fingerprint density at radius 3 is 2.41 bits per heavy atom. The van der Waals surface area contributed by atoms with Gasteiger partial charge in [0, 0.05) is 13.0 Å². The molecule has 0 N–H and O–H groups in total. The highest BCUT2D eigenvalue weighted by atomic mass is 32.2. The van der Waals surface area contributed by atoms with Gasteiger partial charge in [0.1, 0.15) is 5.75 Å². The molecule has 1 unspecified atom stereocenters. The van der Waals surface area contributed by atoms with E-state index in [1.165, 1.54) is 0 Å². The maximum atomic E-state index is 12.7. The van der Waals surface area contributed by atoms with Crippen molar-refractivity contribution < 1.29 is 17.9 Å². The van der Waals surface area contributed by atoms with Gasteiger partial charge in [0.25, 0.3) is 0 Å². The number of nitrogens with zero attached hydrogens (tertiary/aromatic N) is 1. The number of hydrogen-bond acceptors (Lipinski definition) is 4. The van der Waals surface area contributed by atoms with Crippen molar-refractivity contribution in [3.8, 4) is 5.75 Å². The van der Waals surface area contributed by atoms with E-state index in [1.807, 2.05) is 36.1 Å². The normalized spacial score (nSPS) is 17.1. The van der Waals surface area contributed by atoms with Crippen LogP contribution in [0.2, 0.25) is 0 Å². The number of amides is 1. The zero-order chi connectivity index (χ0) is 19.4. The smallest absolute Gasteiger partial charge is 0.224 e. The van der Waals surface area contributed by atoms with Gasteiger partial charge in [0.2, 0.25) is 5.91 Å². The molecule has 1 saturated heterocycles. The van der Waals surface area contributed by atoms with E-state index in [2.05, 4.69) is 0 Å². The average molecular weight is 388 g/mol. The number of benzene rings is 2. The summed E-state index contributed by atoms with van der Waals surface area (Å²) in [5.41, 5.74) is 2.06. The van der Waals surface area contributed by atoms with Gasteiger partial charge in [-0.1, -0.05) is 29.8 Å². The van der Waals surface area contributed by atoms with Crippen molar-refractivity contribution in [1.82, 2.24) is 4.90 Å². The molecular formula is C21H25NO4S. The van der Waals surface area contributed by atoms with Gasteiger partial charge in [-0.2, -0.15) is 0 Å². The van der Waals surface area contributed by atoms with Gasteiger partial charge in [0.15, 0.2) is 9.84 Å². The lowest BCUT2D eigenvalue weighted by atomic mass is 10.0. The Kier molecular flexibility index (Phi) is 5.85. The van der Waals surface area contributed by atoms with Crippen LogP contribution in [0.1, 0.15) is 36.4 Å². The maximum absolute atomic E-state index is 12.7. The summed E-state index contributed by atoms with van der Waals surface area (Å²) in [6, 6.07) is 14.5. The Hall–Kier alpha value is -2.34. The molecule has 0 radical (unpaired) electrons. The van der Waals surface area contributed by atoms with Gasteiger partial charge in [-0.05, 0) is 49.6 Å². The van der Waals surface area contributed by atoms with Crippen molar-refractivity contribution >= 4 is 15.7 Å². The minimum absolute atomic E-state index is 0.00284. The average Bonchev–Trinajstić information content (AvgIpc) is 3.16. The molecule has 0 saturated carbocycles. The Morgan fingerprint density at radius 1 is 1.11 bits per heavy atom. The maximum Gasteiger partial charge on any atom is 0.224 e. The minimum atomic E-state index is -3.46. The predicted octanol–water partition coefficient (Wildman–Crippen LogP) is 3.53. The molecule has 1 atom stereocenters. The fourth-order valence-corrected chi connectivity index (χ4v) is 4.70. The van der Waals surface area contributed by atoms with Gasteiger partial charge in [-0.25, -0.2) is 8.42 Å². The first-order valence-corrected chi connectivity index (χ1v) is 10.8. The number of aryl methyl sites for hydroxylation is 1. The number of hydrogen-bond donors (Lipinski definition) is 0. The first kappa shape index (κ1) is 19.4. The van der Waals surface area contributed by atoms with Crippen molar-refractivity contribution in [3.63, 3.8) is 0 Å². The summed E-state index contributed by atoms with van der Waals surface area (Å²) in [6.45, 7) is 2.58. The lowest BCUT2D eigenvalue weighted by Gasteiger charge is -2.25. The summed E-state index contributed by atoms with van der Waals surface area (Å²) < 4.78 is 30.2. The van der Waals surface area contributed by atoms with E-state index in [0.29, 0.717) is 6.54 Å². The Labute approximate surface area is 160 Å². The monoisotopic (exact) mass is 387 g/mol. The second-order valence-electron chi connectivity index (χ2n) is 6.90. The Morgan fingerprint density at radius 2 is 1.78 bits per heavy atom. The van der Waals surface area contributed by atoms with Gasteiger partial charge in [-0.15, -0.1) is 0 Å². The largest absolute Gasteiger partial charge is 0.497 e. The first-order chi connectivity index (χ1) is 12.9. The number of carbonyl (C=O) groups is 1. The molecule has 27 heavy (non-hydrogen) atoms. The van der Waals surface area contributed by atoms with Crippen LogP contribution in [0, 0.1) is 6.92 Å². The van der Waals surface area contributed by atoms with E-state index in [1.54, 1.807) is 31.4 Å². The highest BCUT2D eigenvalue weighted by Gasteiger charge is 2.30. The lowest BCUT2D eigenvalue weighted by Crippen LogP contribution is -2.31. The van der Waals surface area contributed by atoms with E-state index in [-0.39, 0.29) is 29.0 Å².